The zero-order valence-corrected chi connectivity index (χ0v) is 7.67. The van der Waals surface area contributed by atoms with E-state index in [-0.39, 0.29) is 24.7 Å². The van der Waals surface area contributed by atoms with E-state index >= 15 is 0 Å². The lowest BCUT2D eigenvalue weighted by molar-refractivity contribution is -0.141. The van der Waals surface area contributed by atoms with Crippen LogP contribution < -0.4 is 3.53 Å². The van der Waals surface area contributed by atoms with Crippen molar-refractivity contribution in [2.24, 2.45) is 0 Å². The Morgan fingerprint density at radius 2 is 2.10 bits per heavy atom. The summed E-state index contributed by atoms with van der Waals surface area (Å²) in [6, 6.07) is 0. The van der Waals surface area contributed by atoms with Crippen LogP contribution in [0.5, 0.6) is 0 Å². The van der Waals surface area contributed by atoms with Gasteiger partial charge in [-0.1, -0.05) is 0 Å². The van der Waals surface area contributed by atoms with Crippen molar-refractivity contribution in [3.05, 3.63) is 0 Å². The minimum atomic E-state index is -0.361. The predicted molar refractivity (Wildman–Crippen MR) is 43.4 cm³/mol. The van der Waals surface area contributed by atoms with Crippen molar-refractivity contribution in [3.8, 4) is 0 Å². The molecule has 4 nitrogen and oxygen atoms in total. The van der Waals surface area contributed by atoms with Crippen LogP contribution in [-0.2, 0) is 14.3 Å². The molecule has 0 aliphatic carbocycles. The van der Waals surface area contributed by atoms with E-state index in [9.17, 15) is 9.59 Å². The van der Waals surface area contributed by atoms with Gasteiger partial charge in [0.05, 0.1) is 36.4 Å². The number of methoxy groups -OCH3 is 1. The second-order valence-electron chi connectivity index (χ2n) is 1.59. The highest BCUT2D eigenvalue weighted by molar-refractivity contribution is 14.1. The van der Waals surface area contributed by atoms with Gasteiger partial charge in [0, 0.05) is 6.42 Å². The molecule has 5 heteroatoms. The summed E-state index contributed by atoms with van der Waals surface area (Å²) >= 11 is 1.72. The Labute approximate surface area is 72.8 Å². The molecule has 1 N–H and O–H groups in total. The zero-order chi connectivity index (χ0) is 7.98. The summed E-state index contributed by atoms with van der Waals surface area (Å²) in [5, 5.41) is 0. The molecule has 0 fully saturated rings. The topological polar surface area (TPSA) is 55.4 Å². The Morgan fingerprint density at radius 3 is 2.50 bits per heavy atom. The van der Waals surface area contributed by atoms with E-state index in [1.165, 1.54) is 7.11 Å². The van der Waals surface area contributed by atoms with E-state index < -0.39 is 0 Å². The largest absolute Gasteiger partial charge is 0.469 e. The van der Waals surface area contributed by atoms with Crippen molar-refractivity contribution < 1.29 is 14.3 Å². The molecule has 0 rings (SSSR count). The normalized spacial score (nSPS) is 8.60. The number of carbonyl (C=O) groups is 2. The number of hydrogen-bond donors (Lipinski definition) is 1. The number of nitrogens with one attached hydrogen (secondary N) is 1. The number of ether oxygens (including phenoxy) is 1. The average Bonchev–Trinajstić information content (AvgIpc) is 1.99. The number of hydrogen-bond acceptors (Lipinski definition) is 3. The maximum atomic E-state index is 10.5. The maximum Gasteiger partial charge on any atom is 0.306 e. The van der Waals surface area contributed by atoms with Gasteiger partial charge in [-0.15, -0.1) is 0 Å². The van der Waals surface area contributed by atoms with Crippen molar-refractivity contribution >= 4 is 34.7 Å². The standard InChI is InChI=1S/C5H8INO3/c1-10-5(9)3-2-4(8)7-6/h2-3H2,1H3,(H,7,8). The molecule has 0 aromatic heterocycles. The van der Waals surface area contributed by atoms with E-state index in [1.54, 1.807) is 22.9 Å². The minimum absolute atomic E-state index is 0.144. The van der Waals surface area contributed by atoms with E-state index in [2.05, 4.69) is 8.27 Å². The summed E-state index contributed by atoms with van der Waals surface area (Å²) in [4.78, 5) is 20.9. The van der Waals surface area contributed by atoms with Gasteiger partial charge < -0.3 is 4.74 Å². The Kier molecular flexibility index (Phi) is 5.27. The molecule has 0 saturated carbocycles. The van der Waals surface area contributed by atoms with Crippen molar-refractivity contribution in [2.75, 3.05) is 7.11 Å². The van der Waals surface area contributed by atoms with Gasteiger partial charge >= 0.3 is 5.97 Å². The minimum Gasteiger partial charge on any atom is -0.469 e. The number of halogens is 1. The van der Waals surface area contributed by atoms with Crippen molar-refractivity contribution in [1.82, 2.24) is 3.53 Å². The van der Waals surface area contributed by atoms with Gasteiger partial charge in [-0.2, -0.15) is 0 Å². The quantitative estimate of drug-likeness (QED) is 0.452. The summed E-state index contributed by atoms with van der Waals surface area (Å²) in [6.07, 6.45) is 0.334. The van der Waals surface area contributed by atoms with Gasteiger partial charge in [-0.25, -0.2) is 0 Å². The second-order valence-corrected chi connectivity index (χ2v) is 2.13. The number of carbonyl (C=O) groups excluding carboxylic acids is 2. The summed E-state index contributed by atoms with van der Waals surface area (Å²) < 4.78 is 6.69. The molecular formula is C5H8INO3. The van der Waals surface area contributed by atoms with E-state index in [0.717, 1.165) is 0 Å². The van der Waals surface area contributed by atoms with E-state index in [4.69, 9.17) is 0 Å². The first-order valence-electron chi connectivity index (χ1n) is 2.67. The summed E-state index contributed by atoms with van der Waals surface area (Å²) in [7, 11) is 1.30. The summed E-state index contributed by atoms with van der Waals surface area (Å²) in [6.45, 7) is 0. The molecular weight excluding hydrogens is 249 g/mol. The third kappa shape index (κ3) is 4.54. The molecule has 0 spiro atoms. The number of rotatable bonds is 3. The highest BCUT2D eigenvalue weighted by Crippen LogP contribution is 1.91. The van der Waals surface area contributed by atoms with E-state index in [0.29, 0.717) is 0 Å². The highest BCUT2D eigenvalue weighted by Gasteiger charge is 2.03. The van der Waals surface area contributed by atoms with Crippen LogP contribution in [-0.4, -0.2) is 19.0 Å². The Balaban J connectivity index is 3.35. The van der Waals surface area contributed by atoms with Crippen LogP contribution in [0.15, 0.2) is 0 Å². The molecule has 0 unspecified atom stereocenters. The monoisotopic (exact) mass is 257 g/mol. The molecule has 10 heavy (non-hydrogen) atoms. The van der Waals surface area contributed by atoms with Crippen molar-refractivity contribution in [1.29, 1.82) is 0 Å². The molecule has 0 aromatic rings. The number of esters is 1. The first-order chi connectivity index (χ1) is 4.70. The molecule has 0 aromatic carbocycles. The molecule has 0 aliphatic rings. The van der Waals surface area contributed by atoms with Crippen LogP contribution in [0.3, 0.4) is 0 Å². The van der Waals surface area contributed by atoms with Crippen LogP contribution in [0.25, 0.3) is 0 Å². The van der Waals surface area contributed by atoms with Crippen molar-refractivity contribution in [3.63, 3.8) is 0 Å². The van der Waals surface area contributed by atoms with Gasteiger partial charge in [0.2, 0.25) is 5.91 Å². The smallest absolute Gasteiger partial charge is 0.306 e. The molecule has 58 valence electrons. The van der Waals surface area contributed by atoms with Crippen LogP contribution in [0, 0.1) is 0 Å². The lowest BCUT2D eigenvalue weighted by atomic mass is 10.3. The zero-order valence-electron chi connectivity index (χ0n) is 5.52. The van der Waals surface area contributed by atoms with Gasteiger partial charge in [0.25, 0.3) is 0 Å². The molecule has 0 atom stereocenters. The first-order valence-corrected chi connectivity index (χ1v) is 3.75. The third-order valence-corrected chi connectivity index (χ3v) is 1.49. The average molecular weight is 257 g/mol. The lowest BCUT2D eigenvalue weighted by Gasteiger charge is -1.96. The van der Waals surface area contributed by atoms with Gasteiger partial charge in [-0.3, -0.25) is 13.1 Å². The summed E-state index contributed by atoms with van der Waals surface area (Å²) in [5.41, 5.74) is 0. The Morgan fingerprint density at radius 1 is 1.50 bits per heavy atom. The lowest BCUT2D eigenvalue weighted by Crippen LogP contribution is -2.13. The Bertz CT molecular complexity index is 121. The van der Waals surface area contributed by atoms with Gasteiger partial charge in [-0.05, 0) is 0 Å². The number of amides is 1. The highest BCUT2D eigenvalue weighted by atomic mass is 127. The van der Waals surface area contributed by atoms with Gasteiger partial charge in [0.1, 0.15) is 0 Å². The second kappa shape index (κ2) is 5.45. The maximum absolute atomic E-state index is 10.5. The van der Waals surface area contributed by atoms with Gasteiger partial charge in [0.15, 0.2) is 0 Å². The SMILES string of the molecule is COC(=O)CCC(=O)NI. The van der Waals surface area contributed by atoms with Crippen LogP contribution in [0.2, 0.25) is 0 Å². The van der Waals surface area contributed by atoms with E-state index in [1.807, 2.05) is 0 Å². The molecule has 0 bridgehead atoms. The molecule has 0 radical (unpaired) electrons. The van der Waals surface area contributed by atoms with Crippen molar-refractivity contribution in [2.45, 2.75) is 12.8 Å². The Hall–Kier alpha value is -0.330. The fourth-order valence-corrected chi connectivity index (χ4v) is 0.635. The van der Waals surface area contributed by atoms with Crippen LogP contribution in [0.1, 0.15) is 12.8 Å². The summed E-state index contributed by atoms with van der Waals surface area (Å²) in [5.74, 6) is -0.522. The van der Waals surface area contributed by atoms with Crippen LogP contribution >= 0.6 is 22.9 Å². The third-order valence-electron chi connectivity index (χ3n) is 0.889. The molecule has 0 aliphatic heterocycles. The molecule has 0 saturated heterocycles. The molecule has 1 amide bonds. The molecule has 0 heterocycles. The fourth-order valence-electron chi connectivity index (χ4n) is 0.365. The van der Waals surface area contributed by atoms with Crippen LogP contribution in [0.4, 0.5) is 0 Å². The predicted octanol–water partition coefficient (Wildman–Crippen LogP) is 0.406. The first kappa shape index (κ1) is 9.67. The fraction of sp³-hybridized carbons (Fsp3) is 0.600.